The van der Waals surface area contributed by atoms with E-state index < -0.39 is 0 Å². The Bertz CT molecular complexity index is 370. The molecular formula is C14H23N3O. The van der Waals surface area contributed by atoms with Crippen LogP contribution in [0.5, 0.6) is 5.75 Å². The van der Waals surface area contributed by atoms with Gasteiger partial charge in [-0.25, -0.2) is 4.98 Å². The van der Waals surface area contributed by atoms with E-state index in [1.54, 1.807) is 6.20 Å². The van der Waals surface area contributed by atoms with E-state index in [0.717, 1.165) is 24.7 Å². The minimum Gasteiger partial charge on any atom is -0.490 e. The summed E-state index contributed by atoms with van der Waals surface area (Å²) in [5.41, 5.74) is 5.80. The van der Waals surface area contributed by atoms with Crippen LogP contribution in [0.4, 0.5) is 5.82 Å². The predicted molar refractivity (Wildman–Crippen MR) is 73.8 cm³/mol. The SMILES string of the molecule is CCOc1cccnc1NCC1CCCC1CN. The number of hydrogen-bond acceptors (Lipinski definition) is 4. The Hall–Kier alpha value is -1.29. The van der Waals surface area contributed by atoms with Gasteiger partial charge < -0.3 is 15.8 Å². The smallest absolute Gasteiger partial charge is 0.168 e. The van der Waals surface area contributed by atoms with Gasteiger partial charge in [-0.2, -0.15) is 0 Å². The lowest BCUT2D eigenvalue weighted by Crippen LogP contribution is -2.24. The van der Waals surface area contributed by atoms with Crippen LogP contribution in [0, 0.1) is 11.8 Å². The van der Waals surface area contributed by atoms with Crippen molar-refractivity contribution in [1.82, 2.24) is 4.98 Å². The van der Waals surface area contributed by atoms with E-state index in [9.17, 15) is 0 Å². The van der Waals surface area contributed by atoms with Crippen LogP contribution in [0.1, 0.15) is 26.2 Å². The molecule has 1 saturated carbocycles. The van der Waals surface area contributed by atoms with Crippen molar-refractivity contribution in [2.75, 3.05) is 25.0 Å². The maximum atomic E-state index is 5.80. The van der Waals surface area contributed by atoms with Gasteiger partial charge in [0.1, 0.15) is 0 Å². The summed E-state index contributed by atoms with van der Waals surface area (Å²) >= 11 is 0. The number of nitrogens with zero attached hydrogens (tertiary/aromatic N) is 1. The normalized spacial score (nSPS) is 23.0. The summed E-state index contributed by atoms with van der Waals surface area (Å²) in [7, 11) is 0. The average Bonchev–Trinajstić information content (AvgIpc) is 2.85. The van der Waals surface area contributed by atoms with Crippen LogP contribution < -0.4 is 15.8 Å². The molecule has 1 aliphatic rings. The lowest BCUT2D eigenvalue weighted by molar-refractivity contribution is 0.340. The van der Waals surface area contributed by atoms with Crippen LogP contribution in [0.3, 0.4) is 0 Å². The molecule has 4 nitrogen and oxygen atoms in total. The molecule has 0 spiro atoms. The van der Waals surface area contributed by atoms with Crippen molar-refractivity contribution < 1.29 is 4.74 Å². The van der Waals surface area contributed by atoms with Crippen molar-refractivity contribution in [3.05, 3.63) is 18.3 Å². The van der Waals surface area contributed by atoms with Crippen molar-refractivity contribution in [2.45, 2.75) is 26.2 Å². The van der Waals surface area contributed by atoms with Crippen LogP contribution in [0.25, 0.3) is 0 Å². The van der Waals surface area contributed by atoms with Gasteiger partial charge in [-0.3, -0.25) is 0 Å². The molecule has 2 rings (SSSR count). The first kappa shape index (κ1) is 13.1. The minimum atomic E-state index is 0.662. The molecule has 0 saturated heterocycles. The Balaban J connectivity index is 1.93. The van der Waals surface area contributed by atoms with Gasteiger partial charge in [0.25, 0.3) is 0 Å². The molecule has 1 fully saturated rings. The van der Waals surface area contributed by atoms with E-state index >= 15 is 0 Å². The highest BCUT2D eigenvalue weighted by molar-refractivity contribution is 5.49. The van der Waals surface area contributed by atoms with Crippen molar-refractivity contribution in [1.29, 1.82) is 0 Å². The molecular weight excluding hydrogens is 226 g/mol. The van der Waals surface area contributed by atoms with Crippen LogP contribution >= 0.6 is 0 Å². The molecule has 0 amide bonds. The van der Waals surface area contributed by atoms with Crippen molar-refractivity contribution in [3.8, 4) is 5.75 Å². The average molecular weight is 249 g/mol. The van der Waals surface area contributed by atoms with Crippen LogP contribution in [0.2, 0.25) is 0 Å². The number of nitrogens with one attached hydrogen (secondary N) is 1. The van der Waals surface area contributed by atoms with E-state index in [-0.39, 0.29) is 0 Å². The van der Waals surface area contributed by atoms with E-state index in [1.807, 2.05) is 19.1 Å². The van der Waals surface area contributed by atoms with E-state index in [0.29, 0.717) is 18.4 Å². The summed E-state index contributed by atoms with van der Waals surface area (Å²) in [6.07, 6.45) is 5.63. The zero-order valence-corrected chi connectivity index (χ0v) is 11.1. The van der Waals surface area contributed by atoms with Gasteiger partial charge in [-0.1, -0.05) is 6.42 Å². The highest BCUT2D eigenvalue weighted by Crippen LogP contribution is 2.31. The number of anilines is 1. The molecule has 1 aromatic rings. The van der Waals surface area contributed by atoms with Gasteiger partial charge in [0.15, 0.2) is 11.6 Å². The summed E-state index contributed by atoms with van der Waals surface area (Å²) in [6.45, 7) is 4.39. The maximum Gasteiger partial charge on any atom is 0.168 e. The first-order chi connectivity index (χ1) is 8.85. The third kappa shape index (κ3) is 3.13. The minimum absolute atomic E-state index is 0.662. The molecule has 0 aliphatic heterocycles. The third-order valence-corrected chi connectivity index (χ3v) is 3.72. The fourth-order valence-corrected chi connectivity index (χ4v) is 2.72. The number of pyridine rings is 1. The highest BCUT2D eigenvalue weighted by atomic mass is 16.5. The molecule has 2 atom stereocenters. The molecule has 0 radical (unpaired) electrons. The Morgan fingerprint density at radius 1 is 1.44 bits per heavy atom. The monoisotopic (exact) mass is 249 g/mol. The molecule has 1 heterocycles. The lowest BCUT2D eigenvalue weighted by Gasteiger charge is -2.19. The van der Waals surface area contributed by atoms with Gasteiger partial charge in [0.2, 0.25) is 0 Å². The highest BCUT2D eigenvalue weighted by Gasteiger charge is 2.25. The standard InChI is InChI=1S/C14H23N3O/c1-2-18-13-7-4-8-16-14(13)17-10-12-6-3-5-11(12)9-15/h4,7-8,11-12H,2-3,5-6,9-10,15H2,1H3,(H,16,17). The van der Waals surface area contributed by atoms with Gasteiger partial charge in [0, 0.05) is 12.7 Å². The summed E-state index contributed by atoms with van der Waals surface area (Å²) in [5.74, 6) is 3.02. The summed E-state index contributed by atoms with van der Waals surface area (Å²) in [4.78, 5) is 4.34. The number of nitrogens with two attached hydrogens (primary N) is 1. The number of ether oxygens (including phenoxy) is 1. The van der Waals surface area contributed by atoms with Crippen LogP contribution in [-0.4, -0.2) is 24.7 Å². The van der Waals surface area contributed by atoms with Crippen molar-refractivity contribution >= 4 is 5.82 Å². The van der Waals surface area contributed by atoms with Gasteiger partial charge >= 0.3 is 0 Å². The Labute approximate surface area is 109 Å². The zero-order chi connectivity index (χ0) is 12.8. The lowest BCUT2D eigenvalue weighted by atomic mass is 9.96. The summed E-state index contributed by atoms with van der Waals surface area (Å²) < 4.78 is 5.56. The second-order valence-electron chi connectivity index (χ2n) is 4.85. The first-order valence-corrected chi connectivity index (χ1v) is 6.87. The maximum absolute atomic E-state index is 5.80. The van der Waals surface area contributed by atoms with Crippen LogP contribution in [-0.2, 0) is 0 Å². The van der Waals surface area contributed by atoms with Crippen molar-refractivity contribution in [3.63, 3.8) is 0 Å². The fourth-order valence-electron chi connectivity index (χ4n) is 2.72. The number of hydrogen-bond donors (Lipinski definition) is 2. The fraction of sp³-hybridized carbons (Fsp3) is 0.643. The Morgan fingerprint density at radius 2 is 2.28 bits per heavy atom. The van der Waals surface area contributed by atoms with Crippen LogP contribution in [0.15, 0.2) is 18.3 Å². The third-order valence-electron chi connectivity index (χ3n) is 3.72. The van der Waals surface area contributed by atoms with E-state index in [1.165, 1.54) is 19.3 Å². The Kier molecular flexibility index (Phi) is 4.81. The molecule has 0 bridgehead atoms. The molecule has 4 heteroatoms. The largest absolute Gasteiger partial charge is 0.490 e. The zero-order valence-electron chi connectivity index (χ0n) is 11.1. The van der Waals surface area contributed by atoms with Crippen molar-refractivity contribution in [2.24, 2.45) is 17.6 Å². The van der Waals surface area contributed by atoms with Gasteiger partial charge in [-0.15, -0.1) is 0 Å². The number of aromatic nitrogens is 1. The molecule has 0 aromatic carbocycles. The number of rotatable bonds is 6. The summed E-state index contributed by atoms with van der Waals surface area (Å²) in [5, 5.41) is 3.41. The quantitative estimate of drug-likeness (QED) is 0.812. The topological polar surface area (TPSA) is 60.2 Å². The second-order valence-corrected chi connectivity index (χ2v) is 4.85. The molecule has 1 aromatic heterocycles. The predicted octanol–water partition coefficient (Wildman–Crippen LogP) is 2.27. The van der Waals surface area contributed by atoms with E-state index in [4.69, 9.17) is 10.5 Å². The summed E-state index contributed by atoms with van der Waals surface area (Å²) in [6, 6.07) is 3.85. The van der Waals surface area contributed by atoms with Gasteiger partial charge in [-0.05, 0) is 50.3 Å². The molecule has 100 valence electrons. The Morgan fingerprint density at radius 3 is 3.06 bits per heavy atom. The molecule has 3 N–H and O–H groups in total. The first-order valence-electron chi connectivity index (χ1n) is 6.87. The molecule has 1 aliphatic carbocycles. The molecule has 2 unspecified atom stereocenters. The van der Waals surface area contributed by atoms with E-state index in [2.05, 4.69) is 10.3 Å². The molecule has 18 heavy (non-hydrogen) atoms. The van der Waals surface area contributed by atoms with Gasteiger partial charge in [0.05, 0.1) is 6.61 Å². The second kappa shape index (κ2) is 6.59.